The number of nitrogens with zero attached hydrogens (tertiary/aromatic N) is 4. The molecule has 114 valence electrons. The van der Waals surface area contributed by atoms with Crippen molar-refractivity contribution in [2.24, 2.45) is 0 Å². The number of allylic oxidation sites excluding steroid dienone is 1. The fourth-order valence-electron chi connectivity index (χ4n) is 2.25. The van der Waals surface area contributed by atoms with Crippen LogP contribution < -0.4 is 14.8 Å². The molecule has 1 aliphatic rings. The van der Waals surface area contributed by atoms with Gasteiger partial charge in [0.25, 0.3) is 0 Å². The Balaban J connectivity index is 2.09. The minimum atomic E-state index is -1.08. The van der Waals surface area contributed by atoms with Gasteiger partial charge in [-0.15, -0.1) is 0 Å². The van der Waals surface area contributed by atoms with Crippen LogP contribution in [0.5, 0.6) is 11.5 Å². The molecule has 0 fully saturated rings. The Morgan fingerprint density at radius 2 is 2.09 bits per heavy atom. The number of carboxylic acids is 1. The molecule has 2 aromatic rings. The first kappa shape index (κ1) is 13.9. The molecule has 0 spiro atoms. The topological polar surface area (TPSA) is 111 Å². The predicted octanol–water partition coefficient (Wildman–Crippen LogP) is 0.674. The summed E-state index contributed by atoms with van der Waals surface area (Å²) in [7, 11) is 3.08. The van der Waals surface area contributed by atoms with E-state index in [2.05, 4.69) is 20.8 Å². The van der Waals surface area contributed by atoms with Crippen molar-refractivity contribution in [1.29, 1.82) is 0 Å². The van der Waals surface area contributed by atoms with Gasteiger partial charge in [0.2, 0.25) is 5.95 Å². The lowest BCUT2D eigenvalue weighted by molar-refractivity contribution is -0.132. The van der Waals surface area contributed by atoms with E-state index in [0.29, 0.717) is 11.5 Å². The average molecular weight is 303 g/mol. The van der Waals surface area contributed by atoms with Crippen molar-refractivity contribution in [2.45, 2.75) is 6.04 Å². The Kier molecular flexibility index (Phi) is 3.37. The summed E-state index contributed by atoms with van der Waals surface area (Å²) in [5, 5.41) is 23.1. The molecule has 2 N–H and O–H groups in total. The van der Waals surface area contributed by atoms with E-state index in [1.54, 1.807) is 25.3 Å². The first-order valence-corrected chi connectivity index (χ1v) is 6.36. The fourth-order valence-corrected chi connectivity index (χ4v) is 2.25. The minimum absolute atomic E-state index is 0.0158. The molecule has 1 aromatic heterocycles. The van der Waals surface area contributed by atoms with Crippen LogP contribution in [0.2, 0.25) is 0 Å². The van der Waals surface area contributed by atoms with Gasteiger partial charge in [-0.2, -0.15) is 4.68 Å². The van der Waals surface area contributed by atoms with E-state index in [1.807, 2.05) is 0 Å². The molecule has 0 radical (unpaired) electrons. The number of benzene rings is 1. The SMILES string of the molecule is COc1ccc(C2C=C(C(=O)O)Nc3nnnn32)cc1OC. The highest BCUT2D eigenvalue weighted by molar-refractivity contribution is 5.90. The molecule has 0 saturated carbocycles. The number of carboxylic acid groups (broad SMARTS) is 1. The number of aromatic nitrogens is 4. The number of tetrazole rings is 1. The number of nitrogens with one attached hydrogen (secondary N) is 1. The molecule has 9 heteroatoms. The van der Waals surface area contributed by atoms with Crippen LogP contribution in [0.15, 0.2) is 30.0 Å². The van der Waals surface area contributed by atoms with E-state index in [4.69, 9.17) is 9.47 Å². The summed E-state index contributed by atoms with van der Waals surface area (Å²) in [5.41, 5.74) is 0.786. The summed E-state index contributed by atoms with van der Waals surface area (Å²) in [6, 6.07) is 4.85. The molecular weight excluding hydrogens is 290 g/mol. The van der Waals surface area contributed by atoms with Gasteiger partial charge in [-0.25, -0.2) is 4.79 Å². The van der Waals surface area contributed by atoms with Crippen LogP contribution in [0.1, 0.15) is 11.6 Å². The molecular formula is C13H13N5O4. The molecule has 0 amide bonds. The van der Waals surface area contributed by atoms with Crippen molar-refractivity contribution in [1.82, 2.24) is 20.2 Å². The molecule has 0 bridgehead atoms. The third-order valence-corrected chi connectivity index (χ3v) is 3.31. The molecule has 0 saturated heterocycles. The van der Waals surface area contributed by atoms with Gasteiger partial charge in [-0.05, 0) is 34.2 Å². The zero-order valence-electron chi connectivity index (χ0n) is 11.8. The molecule has 1 aliphatic heterocycles. The third-order valence-electron chi connectivity index (χ3n) is 3.31. The quantitative estimate of drug-likeness (QED) is 0.848. The second-order valence-corrected chi connectivity index (χ2v) is 4.52. The van der Waals surface area contributed by atoms with Gasteiger partial charge in [0, 0.05) is 0 Å². The normalized spacial score (nSPS) is 16.3. The molecule has 3 rings (SSSR count). The molecule has 0 aliphatic carbocycles. The van der Waals surface area contributed by atoms with Crippen molar-refractivity contribution in [3.63, 3.8) is 0 Å². The van der Waals surface area contributed by atoms with Crippen molar-refractivity contribution in [3.8, 4) is 11.5 Å². The van der Waals surface area contributed by atoms with Gasteiger partial charge in [0.05, 0.1) is 14.2 Å². The summed E-state index contributed by atoms with van der Waals surface area (Å²) in [6.07, 6.45) is 1.53. The van der Waals surface area contributed by atoms with Crippen molar-refractivity contribution in [2.75, 3.05) is 19.5 Å². The highest BCUT2D eigenvalue weighted by atomic mass is 16.5. The highest BCUT2D eigenvalue weighted by Crippen LogP contribution is 2.34. The summed E-state index contributed by atoms with van der Waals surface area (Å²) in [4.78, 5) is 11.2. The lowest BCUT2D eigenvalue weighted by Gasteiger charge is -2.22. The highest BCUT2D eigenvalue weighted by Gasteiger charge is 2.27. The van der Waals surface area contributed by atoms with E-state index in [0.717, 1.165) is 5.56 Å². The Bertz CT molecular complexity index is 755. The number of methoxy groups -OCH3 is 2. The second kappa shape index (κ2) is 5.35. The molecule has 1 unspecified atom stereocenters. The van der Waals surface area contributed by atoms with Gasteiger partial charge in [0.1, 0.15) is 11.7 Å². The largest absolute Gasteiger partial charge is 0.493 e. The fraction of sp³-hybridized carbons (Fsp3) is 0.231. The average Bonchev–Trinajstić information content (AvgIpc) is 3.01. The van der Waals surface area contributed by atoms with Gasteiger partial charge in [-0.3, -0.25) is 0 Å². The lowest BCUT2D eigenvalue weighted by atomic mass is 10.0. The van der Waals surface area contributed by atoms with Crippen molar-refractivity contribution < 1.29 is 19.4 Å². The number of anilines is 1. The van der Waals surface area contributed by atoms with Gasteiger partial charge < -0.3 is 19.9 Å². The molecule has 1 aromatic carbocycles. The Hall–Kier alpha value is -3.10. The van der Waals surface area contributed by atoms with Crippen molar-refractivity contribution >= 4 is 11.9 Å². The maximum absolute atomic E-state index is 11.2. The lowest BCUT2D eigenvalue weighted by Crippen LogP contribution is -2.24. The van der Waals surface area contributed by atoms with Crippen LogP contribution in [-0.4, -0.2) is 45.5 Å². The summed E-state index contributed by atoms with van der Waals surface area (Å²) >= 11 is 0. The van der Waals surface area contributed by atoms with Crippen LogP contribution in [0.25, 0.3) is 0 Å². The van der Waals surface area contributed by atoms with Crippen LogP contribution in [-0.2, 0) is 4.79 Å². The molecule has 1 atom stereocenters. The van der Waals surface area contributed by atoms with Crippen molar-refractivity contribution in [3.05, 3.63) is 35.5 Å². The number of fused-ring (bicyclic) bond motifs is 1. The standard InChI is InChI=1S/C13H13N5O4/c1-21-10-4-3-7(5-11(10)22-2)9-6-8(12(19)20)14-13-15-16-17-18(9)13/h3-6,9H,1-2H3,(H,19,20)(H,14,15,17). The van der Waals surface area contributed by atoms with Gasteiger partial charge in [0.15, 0.2) is 11.5 Å². The molecule has 2 heterocycles. The van der Waals surface area contributed by atoms with Gasteiger partial charge in [-0.1, -0.05) is 11.2 Å². The minimum Gasteiger partial charge on any atom is -0.493 e. The van der Waals surface area contributed by atoms with Crippen LogP contribution in [0.3, 0.4) is 0 Å². The first-order chi connectivity index (χ1) is 10.6. The Morgan fingerprint density at radius 3 is 2.77 bits per heavy atom. The predicted molar refractivity (Wildman–Crippen MR) is 74.8 cm³/mol. The molecule has 22 heavy (non-hydrogen) atoms. The van der Waals surface area contributed by atoms with Crippen LogP contribution in [0, 0.1) is 0 Å². The zero-order valence-corrected chi connectivity index (χ0v) is 11.8. The second-order valence-electron chi connectivity index (χ2n) is 4.52. The number of aliphatic carboxylic acids is 1. The summed E-state index contributed by atoms with van der Waals surface area (Å²) in [6.45, 7) is 0. The summed E-state index contributed by atoms with van der Waals surface area (Å²) < 4.78 is 12.0. The van der Waals surface area contributed by atoms with E-state index >= 15 is 0 Å². The van der Waals surface area contributed by atoms with Crippen LogP contribution in [0.4, 0.5) is 5.95 Å². The van der Waals surface area contributed by atoms with E-state index < -0.39 is 12.0 Å². The number of hydrogen-bond donors (Lipinski definition) is 2. The van der Waals surface area contributed by atoms with Crippen LogP contribution >= 0.6 is 0 Å². The van der Waals surface area contributed by atoms with Gasteiger partial charge >= 0.3 is 5.97 Å². The maximum atomic E-state index is 11.2. The Labute approximate surface area is 125 Å². The summed E-state index contributed by atoms with van der Waals surface area (Å²) in [5.74, 6) is 0.303. The number of rotatable bonds is 4. The number of carbonyl (C=O) groups is 1. The number of ether oxygens (including phenoxy) is 2. The van der Waals surface area contributed by atoms with E-state index in [9.17, 15) is 9.90 Å². The zero-order chi connectivity index (χ0) is 15.7. The Morgan fingerprint density at radius 1 is 1.32 bits per heavy atom. The number of hydrogen-bond acceptors (Lipinski definition) is 7. The van der Waals surface area contributed by atoms with E-state index in [1.165, 1.54) is 17.9 Å². The molecule has 9 nitrogen and oxygen atoms in total. The smallest absolute Gasteiger partial charge is 0.352 e. The monoisotopic (exact) mass is 303 g/mol. The third kappa shape index (κ3) is 2.22. The maximum Gasteiger partial charge on any atom is 0.352 e. The first-order valence-electron chi connectivity index (χ1n) is 6.36. The van der Waals surface area contributed by atoms with E-state index in [-0.39, 0.29) is 11.6 Å².